The van der Waals surface area contributed by atoms with Crippen LogP contribution < -0.4 is 4.72 Å². The van der Waals surface area contributed by atoms with Crippen LogP contribution in [0.5, 0.6) is 0 Å². The molecule has 0 bridgehead atoms. The molecule has 2 aromatic heterocycles. The lowest BCUT2D eigenvalue weighted by molar-refractivity contribution is 0.577. The number of nitrogens with one attached hydrogen (secondary N) is 2. The quantitative estimate of drug-likeness (QED) is 0.644. The van der Waals surface area contributed by atoms with Crippen LogP contribution in [0.4, 0.5) is 0 Å². The van der Waals surface area contributed by atoms with E-state index in [1.165, 1.54) is 0 Å². The molecule has 0 atom stereocenters. The molecule has 3 aromatic rings. The van der Waals surface area contributed by atoms with Crippen LogP contribution in [0.2, 0.25) is 0 Å². The molecular weight excluding hydrogens is 324 g/mol. The number of aromatic nitrogens is 3. The standard InChI is InChI=1S/C17H20N4O2S/c1-2-13-7-3-4-9-15(13)24(22,23)19-12-6-10-16-20-14-8-5-11-18-17(14)21-16/h3-5,7-9,11,19H,2,6,10,12H2,1H3,(H,18,20,21). The highest BCUT2D eigenvalue weighted by molar-refractivity contribution is 7.89. The van der Waals surface area contributed by atoms with Gasteiger partial charge in [-0.3, -0.25) is 0 Å². The van der Waals surface area contributed by atoms with E-state index < -0.39 is 10.0 Å². The van der Waals surface area contributed by atoms with E-state index in [-0.39, 0.29) is 0 Å². The van der Waals surface area contributed by atoms with E-state index in [1.807, 2.05) is 31.2 Å². The zero-order valence-electron chi connectivity index (χ0n) is 13.5. The molecule has 0 aliphatic carbocycles. The maximum atomic E-state index is 12.4. The van der Waals surface area contributed by atoms with Gasteiger partial charge in [0, 0.05) is 19.2 Å². The van der Waals surface area contributed by atoms with E-state index in [2.05, 4.69) is 19.7 Å². The zero-order valence-corrected chi connectivity index (χ0v) is 14.3. The van der Waals surface area contributed by atoms with Gasteiger partial charge in [-0.25, -0.2) is 23.1 Å². The highest BCUT2D eigenvalue weighted by Crippen LogP contribution is 2.15. The summed E-state index contributed by atoms with van der Waals surface area (Å²) in [4.78, 5) is 12.1. The molecule has 2 heterocycles. The molecule has 0 radical (unpaired) electrons. The maximum absolute atomic E-state index is 12.4. The smallest absolute Gasteiger partial charge is 0.240 e. The van der Waals surface area contributed by atoms with E-state index in [0.717, 1.165) is 16.9 Å². The lowest BCUT2D eigenvalue weighted by Gasteiger charge is -2.10. The van der Waals surface area contributed by atoms with E-state index in [0.29, 0.717) is 36.3 Å². The first-order valence-corrected chi connectivity index (χ1v) is 9.45. The molecule has 3 rings (SSSR count). The third-order valence-electron chi connectivity index (χ3n) is 3.83. The molecule has 0 aliphatic rings. The summed E-state index contributed by atoms with van der Waals surface area (Å²) in [6.07, 6.45) is 3.71. The van der Waals surface area contributed by atoms with Gasteiger partial charge in [0.15, 0.2) is 5.65 Å². The summed E-state index contributed by atoms with van der Waals surface area (Å²) < 4.78 is 27.5. The van der Waals surface area contributed by atoms with Crippen molar-refractivity contribution in [3.05, 3.63) is 54.0 Å². The van der Waals surface area contributed by atoms with Crippen molar-refractivity contribution < 1.29 is 8.42 Å². The minimum absolute atomic E-state index is 0.362. The Kier molecular flexibility index (Phi) is 4.92. The van der Waals surface area contributed by atoms with Gasteiger partial charge in [0.25, 0.3) is 0 Å². The molecule has 0 saturated heterocycles. The second-order valence-electron chi connectivity index (χ2n) is 5.52. The fraction of sp³-hybridized carbons (Fsp3) is 0.294. The van der Waals surface area contributed by atoms with Crippen molar-refractivity contribution in [1.29, 1.82) is 0 Å². The second-order valence-corrected chi connectivity index (χ2v) is 7.26. The van der Waals surface area contributed by atoms with Crippen molar-refractivity contribution in [3.8, 4) is 0 Å². The van der Waals surface area contributed by atoms with Gasteiger partial charge in [0.05, 0.1) is 10.4 Å². The number of rotatable bonds is 7. The SMILES string of the molecule is CCc1ccccc1S(=O)(=O)NCCCc1nc2ncccc2[nH]1. The Labute approximate surface area is 141 Å². The van der Waals surface area contributed by atoms with Crippen LogP contribution in [0.25, 0.3) is 11.2 Å². The first-order chi connectivity index (χ1) is 11.6. The van der Waals surface area contributed by atoms with E-state index in [9.17, 15) is 8.42 Å². The van der Waals surface area contributed by atoms with Crippen molar-refractivity contribution >= 4 is 21.2 Å². The summed E-state index contributed by atoms with van der Waals surface area (Å²) >= 11 is 0. The molecule has 0 spiro atoms. The summed E-state index contributed by atoms with van der Waals surface area (Å²) in [5.74, 6) is 0.817. The van der Waals surface area contributed by atoms with Crippen LogP contribution >= 0.6 is 0 Å². The van der Waals surface area contributed by atoms with Crippen LogP contribution in [0, 0.1) is 0 Å². The molecular formula is C17H20N4O2S. The largest absolute Gasteiger partial charge is 0.341 e. The number of pyridine rings is 1. The lowest BCUT2D eigenvalue weighted by atomic mass is 10.2. The van der Waals surface area contributed by atoms with Crippen molar-refractivity contribution in [2.75, 3.05) is 6.54 Å². The van der Waals surface area contributed by atoms with Crippen LogP contribution in [0.1, 0.15) is 24.7 Å². The van der Waals surface area contributed by atoms with Crippen LogP contribution in [0.15, 0.2) is 47.5 Å². The number of imidazole rings is 1. The van der Waals surface area contributed by atoms with Gasteiger partial charge < -0.3 is 4.98 Å². The normalized spacial score (nSPS) is 11.9. The molecule has 0 unspecified atom stereocenters. The number of aryl methyl sites for hydroxylation is 2. The Hall–Kier alpha value is -2.25. The van der Waals surface area contributed by atoms with Crippen molar-refractivity contribution in [2.24, 2.45) is 0 Å². The molecule has 24 heavy (non-hydrogen) atoms. The van der Waals surface area contributed by atoms with E-state index in [4.69, 9.17) is 0 Å². The number of sulfonamides is 1. The number of fused-ring (bicyclic) bond motifs is 1. The van der Waals surface area contributed by atoms with Gasteiger partial charge in [-0.05, 0) is 36.6 Å². The van der Waals surface area contributed by atoms with Gasteiger partial charge in [-0.1, -0.05) is 25.1 Å². The zero-order chi connectivity index (χ0) is 17.0. The van der Waals surface area contributed by atoms with Crippen LogP contribution in [-0.2, 0) is 22.9 Å². The molecule has 0 saturated carbocycles. The topological polar surface area (TPSA) is 87.7 Å². The summed E-state index contributed by atoms with van der Waals surface area (Å²) in [6.45, 7) is 2.31. The van der Waals surface area contributed by atoms with E-state index >= 15 is 0 Å². The average Bonchev–Trinajstić information content (AvgIpc) is 3.01. The minimum Gasteiger partial charge on any atom is -0.341 e. The Morgan fingerprint density at radius 2 is 2.00 bits per heavy atom. The predicted octanol–water partition coefficient (Wildman–Crippen LogP) is 2.43. The summed E-state index contributed by atoms with van der Waals surface area (Å²) in [7, 11) is -3.48. The third kappa shape index (κ3) is 3.63. The van der Waals surface area contributed by atoms with Gasteiger partial charge in [-0.15, -0.1) is 0 Å². The number of aromatic amines is 1. The third-order valence-corrected chi connectivity index (χ3v) is 5.39. The number of hydrogen-bond donors (Lipinski definition) is 2. The highest BCUT2D eigenvalue weighted by Gasteiger charge is 2.16. The van der Waals surface area contributed by atoms with Gasteiger partial charge in [-0.2, -0.15) is 0 Å². The Bertz CT molecular complexity index is 901. The lowest BCUT2D eigenvalue weighted by Crippen LogP contribution is -2.26. The van der Waals surface area contributed by atoms with Gasteiger partial charge in [0.2, 0.25) is 10.0 Å². The first-order valence-electron chi connectivity index (χ1n) is 7.97. The van der Waals surface area contributed by atoms with Crippen molar-refractivity contribution in [1.82, 2.24) is 19.7 Å². The molecule has 6 nitrogen and oxygen atoms in total. The molecule has 0 fully saturated rings. The predicted molar refractivity (Wildman–Crippen MR) is 93.2 cm³/mol. The first kappa shape index (κ1) is 16.6. The average molecular weight is 344 g/mol. The van der Waals surface area contributed by atoms with Crippen molar-refractivity contribution in [3.63, 3.8) is 0 Å². The van der Waals surface area contributed by atoms with Gasteiger partial charge in [0.1, 0.15) is 5.82 Å². The minimum atomic E-state index is -3.48. The molecule has 0 amide bonds. The summed E-state index contributed by atoms with van der Waals surface area (Å²) in [6, 6.07) is 10.9. The maximum Gasteiger partial charge on any atom is 0.240 e. The molecule has 126 valence electrons. The number of hydrogen-bond acceptors (Lipinski definition) is 4. The fourth-order valence-electron chi connectivity index (χ4n) is 2.61. The summed E-state index contributed by atoms with van der Waals surface area (Å²) in [5, 5.41) is 0. The Balaban J connectivity index is 1.59. The molecule has 7 heteroatoms. The molecule has 0 aliphatic heterocycles. The number of H-pyrrole nitrogens is 1. The second kappa shape index (κ2) is 7.11. The molecule has 2 N–H and O–H groups in total. The Morgan fingerprint density at radius 3 is 2.79 bits per heavy atom. The summed E-state index contributed by atoms with van der Waals surface area (Å²) in [5.41, 5.74) is 2.41. The van der Waals surface area contributed by atoms with Crippen LogP contribution in [0.3, 0.4) is 0 Å². The van der Waals surface area contributed by atoms with Crippen molar-refractivity contribution in [2.45, 2.75) is 31.1 Å². The van der Waals surface area contributed by atoms with Gasteiger partial charge >= 0.3 is 0 Å². The fourth-order valence-corrected chi connectivity index (χ4v) is 4.00. The Morgan fingerprint density at radius 1 is 1.17 bits per heavy atom. The number of nitrogens with zero attached hydrogens (tertiary/aromatic N) is 2. The monoisotopic (exact) mass is 344 g/mol. The van der Waals surface area contributed by atoms with Crippen LogP contribution in [-0.4, -0.2) is 29.9 Å². The van der Waals surface area contributed by atoms with E-state index in [1.54, 1.807) is 18.3 Å². The number of benzene rings is 1. The molecule has 1 aromatic carbocycles. The highest BCUT2D eigenvalue weighted by atomic mass is 32.2.